The SMILES string of the molecule is O=C(O)C(CS)NC(=O)C(CS)NC(=O)[C@@H]1Cc2ccccc2CN1. The van der Waals surface area contributed by atoms with Gasteiger partial charge in [0, 0.05) is 18.1 Å². The maximum absolute atomic E-state index is 12.5. The van der Waals surface area contributed by atoms with Gasteiger partial charge in [0.2, 0.25) is 11.8 Å². The van der Waals surface area contributed by atoms with Crippen molar-refractivity contribution >= 4 is 43.0 Å². The van der Waals surface area contributed by atoms with Gasteiger partial charge in [0.25, 0.3) is 0 Å². The second kappa shape index (κ2) is 9.12. The molecule has 136 valence electrons. The van der Waals surface area contributed by atoms with Crippen molar-refractivity contribution in [2.75, 3.05) is 11.5 Å². The third-order valence-electron chi connectivity index (χ3n) is 4.01. The van der Waals surface area contributed by atoms with Crippen molar-refractivity contribution in [2.24, 2.45) is 0 Å². The number of carboxylic acid groups (broad SMARTS) is 1. The number of hydrogen-bond donors (Lipinski definition) is 6. The first-order chi connectivity index (χ1) is 12.0. The van der Waals surface area contributed by atoms with Gasteiger partial charge in [0.15, 0.2) is 0 Å². The Labute approximate surface area is 156 Å². The fourth-order valence-corrected chi connectivity index (χ4v) is 3.07. The van der Waals surface area contributed by atoms with E-state index < -0.39 is 30.0 Å². The summed E-state index contributed by atoms with van der Waals surface area (Å²) < 4.78 is 0. The summed E-state index contributed by atoms with van der Waals surface area (Å²) >= 11 is 7.97. The number of carbonyl (C=O) groups is 3. The van der Waals surface area contributed by atoms with E-state index in [0.717, 1.165) is 11.1 Å². The Morgan fingerprint density at radius 3 is 2.36 bits per heavy atom. The lowest BCUT2D eigenvalue weighted by atomic mass is 9.95. The van der Waals surface area contributed by atoms with Crippen molar-refractivity contribution in [3.63, 3.8) is 0 Å². The first kappa shape index (κ1) is 19.6. The minimum Gasteiger partial charge on any atom is -0.480 e. The molecule has 2 unspecified atom stereocenters. The molecule has 0 saturated carbocycles. The Morgan fingerprint density at radius 1 is 1.12 bits per heavy atom. The normalized spacial score (nSPS) is 18.6. The van der Waals surface area contributed by atoms with E-state index in [2.05, 4.69) is 41.2 Å². The van der Waals surface area contributed by atoms with Crippen LogP contribution in [0.1, 0.15) is 11.1 Å². The smallest absolute Gasteiger partial charge is 0.327 e. The second-order valence-electron chi connectivity index (χ2n) is 5.73. The Morgan fingerprint density at radius 2 is 1.76 bits per heavy atom. The van der Waals surface area contributed by atoms with Crippen LogP contribution in [0.2, 0.25) is 0 Å². The van der Waals surface area contributed by atoms with E-state index in [1.54, 1.807) is 0 Å². The number of benzene rings is 1. The van der Waals surface area contributed by atoms with E-state index in [9.17, 15) is 14.4 Å². The molecular formula is C16H21N3O4S2. The van der Waals surface area contributed by atoms with Crippen LogP contribution in [0.3, 0.4) is 0 Å². The molecule has 0 fully saturated rings. The van der Waals surface area contributed by atoms with E-state index in [0.29, 0.717) is 13.0 Å². The van der Waals surface area contributed by atoms with Crippen LogP contribution in [0.4, 0.5) is 0 Å². The summed E-state index contributed by atoms with van der Waals surface area (Å²) in [7, 11) is 0. The van der Waals surface area contributed by atoms with Crippen molar-refractivity contribution in [3.05, 3.63) is 35.4 Å². The summed E-state index contributed by atoms with van der Waals surface area (Å²) in [5, 5.41) is 17.1. The summed E-state index contributed by atoms with van der Waals surface area (Å²) in [6.45, 7) is 0.576. The van der Waals surface area contributed by atoms with Gasteiger partial charge in [-0.3, -0.25) is 9.59 Å². The third-order valence-corrected chi connectivity index (χ3v) is 4.74. The van der Waals surface area contributed by atoms with E-state index in [4.69, 9.17) is 5.11 Å². The highest BCUT2D eigenvalue weighted by Gasteiger charge is 2.29. The molecular weight excluding hydrogens is 362 g/mol. The average molecular weight is 383 g/mol. The fraction of sp³-hybridized carbons (Fsp3) is 0.438. The molecule has 1 heterocycles. The summed E-state index contributed by atoms with van der Waals surface area (Å²) in [6.07, 6.45) is 0.525. The van der Waals surface area contributed by atoms with Gasteiger partial charge in [-0.15, -0.1) is 0 Å². The molecule has 4 N–H and O–H groups in total. The molecule has 0 spiro atoms. The van der Waals surface area contributed by atoms with Gasteiger partial charge in [-0.2, -0.15) is 25.3 Å². The largest absolute Gasteiger partial charge is 0.480 e. The van der Waals surface area contributed by atoms with Crippen LogP contribution >= 0.6 is 25.3 Å². The Bertz CT molecular complexity index is 656. The molecule has 1 aliphatic heterocycles. The first-order valence-electron chi connectivity index (χ1n) is 7.81. The molecule has 1 aromatic carbocycles. The highest BCUT2D eigenvalue weighted by molar-refractivity contribution is 7.80. The van der Waals surface area contributed by atoms with Crippen LogP contribution in [0.5, 0.6) is 0 Å². The fourth-order valence-electron chi connectivity index (χ4n) is 2.56. The molecule has 0 radical (unpaired) electrons. The maximum Gasteiger partial charge on any atom is 0.327 e. The summed E-state index contributed by atoms with van der Waals surface area (Å²) in [5.41, 5.74) is 2.24. The lowest BCUT2D eigenvalue weighted by Gasteiger charge is -2.27. The molecule has 0 aromatic heterocycles. The quantitative estimate of drug-likeness (QED) is 0.360. The van der Waals surface area contributed by atoms with Crippen LogP contribution in [-0.4, -0.2) is 52.5 Å². The standard InChI is InChI=1S/C16H21N3O4S2/c20-14(11-5-9-3-1-2-4-10(9)6-17-11)18-12(7-24)15(21)19-13(8-25)16(22)23/h1-4,11-13,17,24-25H,5-8H2,(H,18,20)(H,19,21)(H,22,23)/t11-,12?,13?/m0/s1. The number of nitrogens with one attached hydrogen (secondary N) is 3. The Kier molecular flexibility index (Phi) is 7.15. The molecule has 1 aromatic rings. The van der Waals surface area contributed by atoms with Crippen molar-refractivity contribution in [1.82, 2.24) is 16.0 Å². The summed E-state index contributed by atoms with van der Waals surface area (Å²) in [5.74, 6) is -2.09. The third kappa shape index (κ3) is 5.13. The molecule has 0 saturated heterocycles. The predicted molar refractivity (Wildman–Crippen MR) is 100.0 cm³/mol. The lowest BCUT2D eigenvalue weighted by Crippen LogP contribution is -2.57. The van der Waals surface area contributed by atoms with Gasteiger partial charge in [-0.25, -0.2) is 4.79 Å². The van der Waals surface area contributed by atoms with Crippen molar-refractivity contribution in [2.45, 2.75) is 31.1 Å². The number of rotatable bonds is 7. The highest BCUT2D eigenvalue weighted by Crippen LogP contribution is 2.16. The first-order valence-corrected chi connectivity index (χ1v) is 9.08. The van der Waals surface area contributed by atoms with Gasteiger partial charge >= 0.3 is 5.97 Å². The number of aliphatic carboxylic acids is 1. The molecule has 9 heteroatoms. The molecule has 1 aliphatic rings. The van der Waals surface area contributed by atoms with Crippen LogP contribution in [0.15, 0.2) is 24.3 Å². The van der Waals surface area contributed by atoms with Crippen molar-refractivity contribution in [3.8, 4) is 0 Å². The summed E-state index contributed by atoms with van der Waals surface area (Å²) in [6, 6.07) is 5.36. The van der Waals surface area contributed by atoms with Crippen LogP contribution < -0.4 is 16.0 Å². The lowest BCUT2D eigenvalue weighted by molar-refractivity contribution is -0.141. The van der Waals surface area contributed by atoms with Crippen LogP contribution in [0, 0.1) is 0 Å². The topological polar surface area (TPSA) is 108 Å². The zero-order valence-electron chi connectivity index (χ0n) is 13.4. The monoisotopic (exact) mass is 383 g/mol. The van der Waals surface area contributed by atoms with Gasteiger partial charge in [-0.1, -0.05) is 24.3 Å². The average Bonchev–Trinajstić information content (AvgIpc) is 2.62. The zero-order chi connectivity index (χ0) is 18.4. The molecule has 3 atom stereocenters. The molecule has 25 heavy (non-hydrogen) atoms. The minimum absolute atomic E-state index is 0.0464. The zero-order valence-corrected chi connectivity index (χ0v) is 15.2. The van der Waals surface area contributed by atoms with E-state index >= 15 is 0 Å². The number of thiol groups is 2. The van der Waals surface area contributed by atoms with Gasteiger partial charge < -0.3 is 21.1 Å². The molecule has 2 amide bonds. The highest BCUT2D eigenvalue weighted by atomic mass is 32.1. The van der Waals surface area contributed by atoms with Crippen molar-refractivity contribution < 1.29 is 19.5 Å². The molecule has 0 bridgehead atoms. The number of amides is 2. The van der Waals surface area contributed by atoms with E-state index in [-0.39, 0.29) is 17.4 Å². The maximum atomic E-state index is 12.5. The number of fused-ring (bicyclic) bond motifs is 1. The second-order valence-corrected chi connectivity index (χ2v) is 6.46. The van der Waals surface area contributed by atoms with Crippen LogP contribution in [-0.2, 0) is 27.3 Å². The summed E-state index contributed by atoms with van der Waals surface area (Å²) in [4.78, 5) is 35.6. The van der Waals surface area contributed by atoms with Gasteiger partial charge in [0.05, 0.1) is 6.04 Å². The Hall–Kier alpha value is -1.71. The van der Waals surface area contributed by atoms with Crippen LogP contribution in [0.25, 0.3) is 0 Å². The van der Waals surface area contributed by atoms with Gasteiger partial charge in [-0.05, 0) is 17.5 Å². The number of carbonyl (C=O) groups excluding carboxylic acids is 2. The van der Waals surface area contributed by atoms with E-state index in [1.165, 1.54) is 0 Å². The Balaban J connectivity index is 1.96. The number of carboxylic acids is 1. The molecule has 2 rings (SSSR count). The van der Waals surface area contributed by atoms with E-state index in [1.807, 2.05) is 24.3 Å². The minimum atomic E-state index is -1.18. The number of hydrogen-bond acceptors (Lipinski definition) is 6. The molecule has 7 nitrogen and oxygen atoms in total. The molecule has 0 aliphatic carbocycles. The van der Waals surface area contributed by atoms with Gasteiger partial charge in [0.1, 0.15) is 12.1 Å². The predicted octanol–water partition coefficient (Wildman–Crippen LogP) is -0.385. The van der Waals surface area contributed by atoms with Crippen molar-refractivity contribution in [1.29, 1.82) is 0 Å².